The first-order valence-corrected chi connectivity index (χ1v) is 10.1. The van der Waals surface area contributed by atoms with Crippen LogP contribution in [0, 0.1) is 24.6 Å². The molecule has 6 rings (SSSR count). The zero-order valence-corrected chi connectivity index (χ0v) is 17.0. The van der Waals surface area contributed by atoms with Gasteiger partial charge in [0.2, 0.25) is 5.89 Å². The van der Waals surface area contributed by atoms with E-state index in [4.69, 9.17) is 4.52 Å². The number of rotatable bonds is 4. The van der Waals surface area contributed by atoms with Crippen LogP contribution in [0.2, 0.25) is 0 Å². The van der Waals surface area contributed by atoms with Crippen molar-refractivity contribution in [2.45, 2.75) is 25.8 Å². The first-order chi connectivity index (χ1) is 15.0. The molecule has 3 atom stereocenters. The maximum atomic E-state index is 13.7. The molecule has 3 unspecified atom stereocenters. The van der Waals surface area contributed by atoms with Crippen molar-refractivity contribution in [1.82, 2.24) is 29.2 Å². The van der Waals surface area contributed by atoms with Gasteiger partial charge in [0.15, 0.2) is 17.0 Å². The topological polar surface area (TPSA) is 91.6 Å². The van der Waals surface area contributed by atoms with E-state index >= 15 is 0 Å². The Balaban J connectivity index is 1.21. The van der Waals surface area contributed by atoms with Crippen molar-refractivity contribution in [3.63, 3.8) is 0 Å². The molecule has 0 spiro atoms. The van der Waals surface area contributed by atoms with E-state index in [1.807, 2.05) is 13.0 Å². The van der Waals surface area contributed by atoms with Gasteiger partial charge in [-0.1, -0.05) is 17.3 Å². The number of halogens is 1. The number of aryl methyl sites for hydroxylation is 2. The maximum Gasteiger partial charge on any atom is 0.280 e. The van der Waals surface area contributed by atoms with Crippen molar-refractivity contribution < 1.29 is 8.91 Å². The third-order valence-electron chi connectivity index (χ3n) is 6.28. The predicted octanol–water partition coefficient (Wildman–Crippen LogP) is 2.83. The van der Waals surface area contributed by atoms with Gasteiger partial charge in [0.25, 0.3) is 5.56 Å². The molecule has 0 amide bonds. The summed E-state index contributed by atoms with van der Waals surface area (Å²) >= 11 is 0. The molecule has 1 aromatic carbocycles. The van der Waals surface area contributed by atoms with E-state index in [2.05, 4.69) is 26.2 Å². The van der Waals surface area contributed by atoms with Gasteiger partial charge >= 0.3 is 0 Å². The summed E-state index contributed by atoms with van der Waals surface area (Å²) in [5.74, 6) is 1.81. The molecule has 31 heavy (non-hydrogen) atoms. The van der Waals surface area contributed by atoms with Gasteiger partial charge in [-0.15, -0.1) is 0 Å². The second-order valence-corrected chi connectivity index (χ2v) is 8.43. The number of hydrogen-bond acceptors (Lipinski definition) is 6. The number of fused-ring (bicyclic) bond motifs is 2. The number of benzene rings is 1. The predicted molar refractivity (Wildman–Crippen MR) is 110 cm³/mol. The first kappa shape index (κ1) is 18.2. The molecule has 8 nitrogen and oxygen atoms in total. The van der Waals surface area contributed by atoms with Crippen molar-refractivity contribution in [2.75, 3.05) is 0 Å². The monoisotopic (exact) mass is 418 g/mol. The van der Waals surface area contributed by atoms with E-state index in [-0.39, 0.29) is 23.8 Å². The minimum atomic E-state index is -0.204. The number of nitrogens with zero attached hydrogens (tertiary/aromatic N) is 6. The summed E-state index contributed by atoms with van der Waals surface area (Å²) in [6, 6.07) is 5.15. The molecule has 2 aliphatic rings. The first-order valence-electron chi connectivity index (χ1n) is 10.1. The van der Waals surface area contributed by atoms with Crippen LogP contribution in [-0.2, 0) is 13.6 Å². The zero-order chi connectivity index (χ0) is 21.3. The summed E-state index contributed by atoms with van der Waals surface area (Å²) in [5.41, 5.74) is 3.70. The number of hydrogen-bond donors (Lipinski definition) is 0. The van der Waals surface area contributed by atoms with Crippen LogP contribution in [0.3, 0.4) is 0 Å². The molecule has 9 heteroatoms. The van der Waals surface area contributed by atoms with E-state index in [1.54, 1.807) is 24.0 Å². The van der Waals surface area contributed by atoms with Crippen molar-refractivity contribution >= 4 is 16.7 Å². The molecule has 0 radical (unpaired) electrons. The van der Waals surface area contributed by atoms with Crippen molar-refractivity contribution in [3.8, 4) is 0 Å². The van der Waals surface area contributed by atoms with Crippen LogP contribution in [0.4, 0.5) is 4.39 Å². The third-order valence-corrected chi connectivity index (χ3v) is 6.28. The Hall–Kier alpha value is -3.62. The van der Waals surface area contributed by atoms with Gasteiger partial charge in [0, 0.05) is 13.0 Å². The second-order valence-electron chi connectivity index (χ2n) is 8.43. The lowest BCUT2D eigenvalue weighted by molar-refractivity contribution is 0.364. The molecule has 0 N–H and O–H groups in total. The molecule has 1 saturated carbocycles. The number of imidazole rings is 1. The minimum absolute atomic E-state index is 0.158. The molecule has 156 valence electrons. The number of allylic oxidation sites excluding steroid dienone is 2. The van der Waals surface area contributed by atoms with Crippen LogP contribution in [0.5, 0.6) is 0 Å². The Bertz CT molecular complexity index is 1410. The van der Waals surface area contributed by atoms with Gasteiger partial charge in [0.1, 0.15) is 18.7 Å². The molecule has 0 saturated heterocycles. The Kier molecular flexibility index (Phi) is 3.77. The number of aromatic nitrogens is 6. The average Bonchev–Trinajstić information content (AvgIpc) is 3.15. The van der Waals surface area contributed by atoms with Gasteiger partial charge in [-0.2, -0.15) is 4.98 Å². The largest absolute Gasteiger partial charge is 0.337 e. The Morgan fingerprint density at radius 2 is 2.06 bits per heavy atom. The molecular weight excluding hydrogens is 399 g/mol. The molecule has 4 aromatic rings. The third kappa shape index (κ3) is 2.91. The van der Waals surface area contributed by atoms with Crippen LogP contribution in [0.1, 0.15) is 35.2 Å². The minimum Gasteiger partial charge on any atom is -0.337 e. The summed E-state index contributed by atoms with van der Waals surface area (Å²) < 4.78 is 22.2. The SMILES string of the molecule is Cc1cc(F)cc(C2=CC3C(C2)C3c2noc(Cn3cnc4ncn(C)c4c3=O)n2)c1. The van der Waals surface area contributed by atoms with E-state index in [0.29, 0.717) is 34.7 Å². The van der Waals surface area contributed by atoms with Crippen molar-refractivity contribution in [1.29, 1.82) is 0 Å². The summed E-state index contributed by atoms with van der Waals surface area (Å²) in [7, 11) is 1.76. The highest BCUT2D eigenvalue weighted by Gasteiger charge is 2.55. The van der Waals surface area contributed by atoms with Gasteiger partial charge < -0.3 is 9.09 Å². The molecule has 3 heterocycles. The fourth-order valence-corrected chi connectivity index (χ4v) is 4.74. The van der Waals surface area contributed by atoms with Crippen LogP contribution < -0.4 is 5.56 Å². The van der Waals surface area contributed by atoms with Crippen LogP contribution in [0.25, 0.3) is 16.7 Å². The standard InChI is InChI=1S/C22H19FN6O2/c1-11-3-12(5-14(23)4-11)13-6-15-16(7-13)18(15)20-26-17(31-27-20)8-29-10-25-21-19(22(29)30)28(2)9-24-21/h3-6,9-10,15-16,18H,7-8H2,1-2H3. The van der Waals surface area contributed by atoms with Crippen LogP contribution in [-0.4, -0.2) is 29.2 Å². The fourth-order valence-electron chi connectivity index (χ4n) is 4.74. The summed E-state index contributed by atoms with van der Waals surface area (Å²) in [5, 5.41) is 4.15. The summed E-state index contributed by atoms with van der Waals surface area (Å²) in [4.78, 5) is 25.5. The van der Waals surface area contributed by atoms with Gasteiger partial charge in [-0.3, -0.25) is 9.36 Å². The zero-order valence-electron chi connectivity index (χ0n) is 17.0. The highest BCUT2D eigenvalue weighted by molar-refractivity contribution is 5.71. The molecular formula is C22H19FN6O2. The lowest BCUT2D eigenvalue weighted by atomic mass is 9.99. The fraction of sp³-hybridized carbons (Fsp3) is 0.318. The Labute approximate surface area is 176 Å². The molecule has 1 fully saturated rings. The lowest BCUT2D eigenvalue weighted by Crippen LogP contribution is -2.22. The normalized spacial score (nSPS) is 22.0. The van der Waals surface area contributed by atoms with E-state index in [9.17, 15) is 9.18 Å². The van der Waals surface area contributed by atoms with Crippen molar-refractivity contribution in [2.24, 2.45) is 18.9 Å². The quantitative estimate of drug-likeness (QED) is 0.506. The van der Waals surface area contributed by atoms with Crippen molar-refractivity contribution in [3.05, 3.63) is 75.9 Å². The van der Waals surface area contributed by atoms with E-state index in [1.165, 1.54) is 22.5 Å². The molecule has 0 aliphatic heterocycles. The highest BCUT2D eigenvalue weighted by Crippen LogP contribution is 2.62. The highest BCUT2D eigenvalue weighted by atomic mass is 19.1. The molecule has 0 bridgehead atoms. The molecule has 2 aliphatic carbocycles. The lowest BCUT2D eigenvalue weighted by Gasteiger charge is -2.07. The Morgan fingerprint density at radius 3 is 2.84 bits per heavy atom. The smallest absolute Gasteiger partial charge is 0.280 e. The van der Waals surface area contributed by atoms with Gasteiger partial charge in [-0.25, -0.2) is 14.4 Å². The summed E-state index contributed by atoms with van der Waals surface area (Å²) in [6.07, 6.45) is 6.10. The van der Waals surface area contributed by atoms with Gasteiger partial charge in [-0.05, 0) is 54.0 Å². The second kappa shape index (κ2) is 6.44. The van der Waals surface area contributed by atoms with Crippen LogP contribution in [0.15, 0.2) is 46.2 Å². The summed E-state index contributed by atoms with van der Waals surface area (Å²) in [6.45, 7) is 2.06. The molecule has 3 aromatic heterocycles. The van der Waals surface area contributed by atoms with E-state index in [0.717, 1.165) is 17.5 Å². The average molecular weight is 418 g/mol. The van der Waals surface area contributed by atoms with Crippen LogP contribution >= 0.6 is 0 Å². The van der Waals surface area contributed by atoms with E-state index < -0.39 is 0 Å². The maximum absolute atomic E-state index is 13.7. The Morgan fingerprint density at radius 1 is 1.23 bits per heavy atom. The van der Waals surface area contributed by atoms with Gasteiger partial charge in [0.05, 0.1) is 6.33 Å².